The first-order chi connectivity index (χ1) is 6.11. The monoisotopic (exact) mass is 201 g/mol. The van der Waals surface area contributed by atoms with Crippen molar-refractivity contribution in [1.82, 2.24) is 5.16 Å². The molecule has 0 aliphatic carbocycles. The Kier molecular flexibility index (Phi) is 3.36. The zero-order valence-corrected chi connectivity index (χ0v) is 8.30. The molecule has 0 bridgehead atoms. The molecule has 5 heteroatoms. The smallest absolute Gasteiger partial charge is 0.375 e. The Morgan fingerprint density at radius 3 is 3.00 bits per heavy atom. The molecule has 0 amide bonds. The first-order valence-electron chi connectivity index (χ1n) is 3.89. The number of hydrogen-bond acceptors (Lipinski definition) is 4. The molecule has 4 nitrogen and oxygen atoms in total. The molecule has 0 saturated heterocycles. The van der Waals surface area contributed by atoms with Crippen LogP contribution in [0, 0.1) is 0 Å². The van der Waals surface area contributed by atoms with Gasteiger partial charge in [-0.1, -0.05) is 19.0 Å². The number of aromatic carboxylic acids is 1. The van der Waals surface area contributed by atoms with E-state index in [1.807, 2.05) is 0 Å². The Morgan fingerprint density at radius 2 is 2.46 bits per heavy atom. The minimum Gasteiger partial charge on any atom is -0.475 e. The molecule has 1 heterocycles. The van der Waals surface area contributed by atoms with Crippen LogP contribution in [0.15, 0.2) is 10.7 Å². The Hall–Kier alpha value is -0.970. The van der Waals surface area contributed by atoms with Crippen molar-refractivity contribution in [1.29, 1.82) is 0 Å². The van der Waals surface area contributed by atoms with Crippen LogP contribution < -0.4 is 0 Å². The Balaban J connectivity index is 2.65. The van der Waals surface area contributed by atoms with E-state index < -0.39 is 5.97 Å². The van der Waals surface area contributed by atoms with E-state index in [9.17, 15) is 4.79 Å². The Bertz CT molecular complexity index is 295. The number of carbonyl (C=O) groups is 1. The van der Waals surface area contributed by atoms with Gasteiger partial charge in [0.2, 0.25) is 5.76 Å². The number of aromatic nitrogens is 1. The van der Waals surface area contributed by atoms with Gasteiger partial charge in [0.1, 0.15) is 0 Å². The van der Waals surface area contributed by atoms with Crippen molar-refractivity contribution in [2.45, 2.75) is 24.9 Å². The van der Waals surface area contributed by atoms with E-state index in [2.05, 4.69) is 23.5 Å². The highest BCUT2D eigenvalue weighted by molar-refractivity contribution is 7.99. The topological polar surface area (TPSA) is 63.3 Å². The zero-order valence-electron chi connectivity index (χ0n) is 7.48. The van der Waals surface area contributed by atoms with Crippen LogP contribution in [-0.4, -0.2) is 21.5 Å². The summed E-state index contributed by atoms with van der Waals surface area (Å²) < 4.78 is 4.60. The molecule has 1 aromatic rings. The third kappa shape index (κ3) is 2.77. The van der Waals surface area contributed by atoms with Crippen LogP contribution >= 0.6 is 11.8 Å². The Morgan fingerprint density at radius 1 is 1.77 bits per heavy atom. The lowest BCUT2D eigenvalue weighted by Gasteiger charge is -2.01. The average molecular weight is 201 g/mol. The van der Waals surface area contributed by atoms with Gasteiger partial charge in [0.05, 0.1) is 6.20 Å². The second-order valence-electron chi connectivity index (χ2n) is 2.85. The quantitative estimate of drug-likeness (QED) is 0.807. The van der Waals surface area contributed by atoms with E-state index in [1.54, 1.807) is 11.8 Å². The molecule has 0 aliphatic heterocycles. The van der Waals surface area contributed by atoms with E-state index in [0.717, 1.165) is 0 Å². The van der Waals surface area contributed by atoms with Crippen molar-refractivity contribution >= 4 is 17.7 Å². The summed E-state index contributed by atoms with van der Waals surface area (Å²) in [6, 6.07) is 0. The molecule has 0 fully saturated rings. The lowest BCUT2D eigenvalue weighted by Crippen LogP contribution is -1.98. The maximum absolute atomic E-state index is 10.6. The minimum absolute atomic E-state index is 0.0480. The standard InChI is InChI=1S/C8H11NO3S/c1-5(2)13-4-6-3-9-12-7(6)8(10)11/h3,5H,4H2,1-2H3,(H,10,11). The molecule has 0 aromatic carbocycles. The minimum atomic E-state index is -1.06. The van der Waals surface area contributed by atoms with Gasteiger partial charge in [-0.3, -0.25) is 0 Å². The van der Waals surface area contributed by atoms with Crippen molar-refractivity contribution < 1.29 is 14.4 Å². The summed E-state index contributed by atoms with van der Waals surface area (Å²) in [5.41, 5.74) is 0.645. The molecule has 0 atom stereocenters. The van der Waals surface area contributed by atoms with Gasteiger partial charge < -0.3 is 9.63 Å². The summed E-state index contributed by atoms with van der Waals surface area (Å²) in [6.45, 7) is 4.11. The van der Waals surface area contributed by atoms with Gasteiger partial charge >= 0.3 is 5.97 Å². The maximum Gasteiger partial charge on any atom is 0.375 e. The number of hydrogen-bond donors (Lipinski definition) is 1. The fraction of sp³-hybridized carbons (Fsp3) is 0.500. The molecule has 0 aliphatic rings. The number of carboxylic acids is 1. The van der Waals surface area contributed by atoms with E-state index >= 15 is 0 Å². The second kappa shape index (κ2) is 4.32. The lowest BCUT2D eigenvalue weighted by atomic mass is 10.3. The second-order valence-corrected chi connectivity index (χ2v) is 4.41. The van der Waals surface area contributed by atoms with Crippen LogP contribution in [0.3, 0.4) is 0 Å². The zero-order chi connectivity index (χ0) is 9.84. The summed E-state index contributed by atoms with van der Waals surface area (Å²) in [5.74, 6) is -0.479. The van der Waals surface area contributed by atoms with Gasteiger partial charge in [-0.15, -0.1) is 0 Å². The molecule has 72 valence electrons. The maximum atomic E-state index is 10.6. The Labute approximate surface area is 80.3 Å². The number of rotatable bonds is 4. The normalized spacial score (nSPS) is 10.7. The summed E-state index contributed by atoms with van der Waals surface area (Å²) >= 11 is 1.66. The number of carboxylic acid groups (broad SMARTS) is 1. The predicted molar refractivity (Wildman–Crippen MR) is 49.9 cm³/mol. The van der Waals surface area contributed by atoms with Gasteiger partial charge in [0.15, 0.2) is 0 Å². The molecular weight excluding hydrogens is 190 g/mol. The summed E-state index contributed by atoms with van der Waals surface area (Å²) in [5, 5.41) is 12.6. The molecule has 13 heavy (non-hydrogen) atoms. The van der Waals surface area contributed by atoms with E-state index in [4.69, 9.17) is 5.11 Å². The van der Waals surface area contributed by atoms with E-state index in [-0.39, 0.29) is 5.76 Å². The molecule has 0 unspecified atom stereocenters. The largest absolute Gasteiger partial charge is 0.475 e. The predicted octanol–water partition coefficient (Wildman–Crippen LogP) is 2.01. The van der Waals surface area contributed by atoms with Crippen molar-refractivity contribution in [2.75, 3.05) is 0 Å². The molecule has 0 saturated carbocycles. The SMILES string of the molecule is CC(C)SCc1cnoc1C(=O)O. The van der Waals surface area contributed by atoms with Gasteiger partial charge in [-0.25, -0.2) is 4.79 Å². The van der Waals surface area contributed by atoms with Crippen molar-refractivity contribution in [3.63, 3.8) is 0 Å². The van der Waals surface area contributed by atoms with Crippen LogP contribution in [0.4, 0.5) is 0 Å². The molecule has 0 spiro atoms. The molecule has 0 radical (unpaired) electrons. The van der Waals surface area contributed by atoms with Crippen molar-refractivity contribution in [2.24, 2.45) is 0 Å². The van der Waals surface area contributed by atoms with Gasteiger partial charge in [-0.05, 0) is 5.25 Å². The van der Waals surface area contributed by atoms with Gasteiger partial charge in [-0.2, -0.15) is 11.8 Å². The number of thioether (sulfide) groups is 1. The van der Waals surface area contributed by atoms with Gasteiger partial charge in [0.25, 0.3) is 0 Å². The highest BCUT2D eigenvalue weighted by atomic mass is 32.2. The molecule has 1 N–H and O–H groups in total. The van der Waals surface area contributed by atoms with Crippen molar-refractivity contribution in [3.05, 3.63) is 17.5 Å². The molecule has 1 rings (SSSR count). The average Bonchev–Trinajstić information content (AvgIpc) is 2.47. The lowest BCUT2D eigenvalue weighted by molar-refractivity contribution is 0.0651. The number of nitrogens with zero attached hydrogens (tertiary/aromatic N) is 1. The van der Waals surface area contributed by atoms with Crippen LogP contribution in [0.1, 0.15) is 30.0 Å². The van der Waals surface area contributed by atoms with Crippen LogP contribution in [0.25, 0.3) is 0 Å². The third-order valence-corrected chi connectivity index (χ3v) is 2.55. The highest BCUT2D eigenvalue weighted by Gasteiger charge is 2.15. The van der Waals surface area contributed by atoms with Gasteiger partial charge in [0, 0.05) is 11.3 Å². The first-order valence-corrected chi connectivity index (χ1v) is 4.94. The summed E-state index contributed by atoms with van der Waals surface area (Å²) in [7, 11) is 0. The summed E-state index contributed by atoms with van der Waals surface area (Å²) in [4.78, 5) is 10.6. The fourth-order valence-electron chi connectivity index (χ4n) is 0.796. The third-order valence-electron chi connectivity index (χ3n) is 1.41. The van der Waals surface area contributed by atoms with Crippen LogP contribution in [0.5, 0.6) is 0 Å². The van der Waals surface area contributed by atoms with Crippen LogP contribution in [0.2, 0.25) is 0 Å². The molecular formula is C8H11NO3S. The highest BCUT2D eigenvalue weighted by Crippen LogP contribution is 2.19. The first kappa shape index (κ1) is 10.1. The van der Waals surface area contributed by atoms with E-state index in [1.165, 1.54) is 6.20 Å². The van der Waals surface area contributed by atoms with Crippen LogP contribution in [-0.2, 0) is 5.75 Å². The molecule has 1 aromatic heterocycles. The van der Waals surface area contributed by atoms with Crippen molar-refractivity contribution in [3.8, 4) is 0 Å². The summed E-state index contributed by atoms with van der Waals surface area (Å²) in [6.07, 6.45) is 1.46. The fourth-order valence-corrected chi connectivity index (χ4v) is 1.51. The van der Waals surface area contributed by atoms with E-state index in [0.29, 0.717) is 16.6 Å².